The third-order valence-electron chi connectivity index (χ3n) is 3.61. The molecule has 3 heteroatoms. The smallest absolute Gasteiger partial charge is 0.123 e. The highest BCUT2D eigenvalue weighted by Crippen LogP contribution is 2.27. The minimum atomic E-state index is 0.0828. The summed E-state index contributed by atoms with van der Waals surface area (Å²) in [7, 11) is 3.64. The van der Waals surface area contributed by atoms with Crippen molar-refractivity contribution in [2.45, 2.75) is 19.9 Å². The minimum absolute atomic E-state index is 0.0828. The van der Waals surface area contributed by atoms with Crippen molar-refractivity contribution in [2.24, 2.45) is 0 Å². The lowest BCUT2D eigenvalue weighted by atomic mass is 10.0. The van der Waals surface area contributed by atoms with E-state index in [1.54, 1.807) is 7.11 Å². The maximum atomic E-state index is 5.97. The van der Waals surface area contributed by atoms with Crippen LogP contribution in [0.2, 0.25) is 0 Å². The summed E-state index contributed by atoms with van der Waals surface area (Å²) in [5, 5.41) is 3.30. The summed E-state index contributed by atoms with van der Waals surface area (Å²) in [6.07, 6.45) is 0. The lowest BCUT2D eigenvalue weighted by Crippen LogP contribution is -2.24. The van der Waals surface area contributed by atoms with E-state index in [0.717, 1.165) is 22.6 Å². The van der Waals surface area contributed by atoms with Crippen LogP contribution < -0.4 is 14.8 Å². The third-order valence-corrected chi connectivity index (χ3v) is 3.61. The van der Waals surface area contributed by atoms with E-state index in [4.69, 9.17) is 9.47 Å². The quantitative estimate of drug-likeness (QED) is 0.878. The van der Waals surface area contributed by atoms with Crippen LogP contribution in [-0.4, -0.2) is 20.8 Å². The van der Waals surface area contributed by atoms with E-state index < -0.39 is 0 Å². The molecule has 2 aromatic carbocycles. The van der Waals surface area contributed by atoms with Gasteiger partial charge < -0.3 is 14.8 Å². The molecule has 0 spiro atoms. The SMILES string of the molecule is CNC(COc1ccccc1C)c1cc(C)ccc1OC. The molecular weight excluding hydrogens is 262 g/mol. The molecule has 0 bridgehead atoms. The lowest BCUT2D eigenvalue weighted by molar-refractivity contribution is 0.267. The molecule has 112 valence electrons. The van der Waals surface area contributed by atoms with Crippen LogP contribution in [0.5, 0.6) is 11.5 Å². The molecule has 0 aromatic heterocycles. The number of benzene rings is 2. The molecule has 0 radical (unpaired) electrons. The van der Waals surface area contributed by atoms with Gasteiger partial charge in [0.05, 0.1) is 13.2 Å². The van der Waals surface area contributed by atoms with Gasteiger partial charge in [0.15, 0.2) is 0 Å². The average molecular weight is 285 g/mol. The summed E-state index contributed by atoms with van der Waals surface area (Å²) in [6.45, 7) is 4.69. The van der Waals surface area contributed by atoms with Gasteiger partial charge in [-0.15, -0.1) is 0 Å². The van der Waals surface area contributed by atoms with Gasteiger partial charge in [0.2, 0.25) is 0 Å². The number of hydrogen-bond donors (Lipinski definition) is 1. The molecule has 0 aliphatic rings. The van der Waals surface area contributed by atoms with E-state index in [-0.39, 0.29) is 6.04 Å². The van der Waals surface area contributed by atoms with Crippen LogP contribution in [0.4, 0.5) is 0 Å². The molecule has 1 atom stereocenters. The Labute approximate surface area is 126 Å². The molecule has 0 amide bonds. The normalized spacial score (nSPS) is 12.0. The first kappa shape index (κ1) is 15.4. The van der Waals surface area contributed by atoms with Crippen LogP contribution >= 0.6 is 0 Å². The lowest BCUT2D eigenvalue weighted by Gasteiger charge is -2.21. The van der Waals surface area contributed by atoms with Crippen molar-refractivity contribution in [3.63, 3.8) is 0 Å². The van der Waals surface area contributed by atoms with Crippen LogP contribution in [0.3, 0.4) is 0 Å². The standard InChI is InChI=1S/C18H23NO2/c1-13-9-10-18(20-4)15(11-13)16(19-3)12-21-17-8-6-5-7-14(17)2/h5-11,16,19H,12H2,1-4H3. The molecule has 1 N–H and O–H groups in total. The largest absolute Gasteiger partial charge is 0.496 e. The number of para-hydroxylation sites is 1. The van der Waals surface area contributed by atoms with Gasteiger partial charge in [-0.25, -0.2) is 0 Å². The van der Waals surface area contributed by atoms with Crippen molar-refractivity contribution in [3.05, 3.63) is 59.2 Å². The predicted molar refractivity (Wildman–Crippen MR) is 86.2 cm³/mol. The van der Waals surface area contributed by atoms with Gasteiger partial charge in [-0.3, -0.25) is 0 Å². The Hall–Kier alpha value is -2.00. The zero-order chi connectivity index (χ0) is 15.2. The first-order chi connectivity index (χ1) is 10.2. The fourth-order valence-electron chi connectivity index (χ4n) is 2.35. The second kappa shape index (κ2) is 7.14. The number of rotatable bonds is 6. The van der Waals surface area contributed by atoms with Crippen molar-refractivity contribution in [2.75, 3.05) is 20.8 Å². The molecule has 0 aliphatic carbocycles. The molecular formula is C18H23NO2. The van der Waals surface area contributed by atoms with Crippen molar-refractivity contribution in [3.8, 4) is 11.5 Å². The van der Waals surface area contributed by atoms with Crippen molar-refractivity contribution in [1.82, 2.24) is 5.32 Å². The van der Waals surface area contributed by atoms with E-state index in [9.17, 15) is 0 Å². The molecule has 0 fully saturated rings. The van der Waals surface area contributed by atoms with E-state index in [1.165, 1.54) is 5.56 Å². The van der Waals surface area contributed by atoms with Crippen molar-refractivity contribution >= 4 is 0 Å². The molecule has 0 aliphatic heterocycles. The van der Waals surface area contributed by atoms with E-state index in [2.05, 4.69) is 37.4 Å². The van der Waals surface area contributed by atoms with Gasteiger partial charge >= 0.3 is 0 Å². The van der Waals surface area contributed by atoms with Gasteiger partial charge in [0.25, 0.3) is 0 Å². The van der Waals surface area contributed by atoms with E-state index >= 15 is 0 Å². The van der Waals surface area contributed by atoms with Crippen LogP contribution in [0.25, 0.3) is 0 Å². The number of methoxy groups -OCH3 is 1. The summed E-state index contributed by atoms with van der Waals surface area (Å²) in [5.74, 6) is 1.80. The highest BCUT2D eigenvalue weighted by molar-refractivity contribution is 5.39. The number of ether oxygens (including phenoxy) is 2. The summed E-state index contributed by atoms with van der Waals surface area (Å²) in [4.78, 5) is 0. The summed E-state index contributed by atoms with van der Waals surface area (Å²) in [5.41, 5.74) is 3.47. The van der Waals surface area contributed by atoms with Crippen LogP contribution in [0.15, 0.2) is 42.5 Å². The Bertz CT molecular complexity index is 596. The van der Waals surface area contributed by atoms with E-state index in [1.807, 2.05) is 31.3 Å². The number of likely N-dealkylation sites (N-methyl/N-ethyl adjacent to an activating group) is 1. The van der Waals surface area contributed by atoms with Gasteiger partial charge in [0, 0.05) is 5.56 Å². The Morgan fingerprint density at radius 2 is 1.81 bits per heavy atom. The minimum Gasteiger partial charge on any atom is -0.496 e. The zero-order valence-corrected chi connectivity index (χ0v) is 13.1. The molecule has 0 heterocycles. The van der Waals surface area contributed by atoms with Crippen molar-refractivity contribution in [1.29, 1.82) is 0 Å². The van der Waals surface area contributed by atoms with Gasteiger partial charge in [-0.05, 0) is 38.6 Å². The fourth-order valence-corrected chi connectivity index (χ4v) is 2.35. The monoisotopic (exact) mass is 285 g/mol. The Morgan fingerprint density at radius 3 is 2.48 bits per heavy atom. The van der Waals surface area contributed by atoms with Gasteiger partial charge in [-0.1, -0.05) is 35.9 Å². The Morgan fingerprint density at radius 1 is 1.05 bits per heavy atom. The Kier molecular flexibility index (Phi) is 5.23. The maximum Gasteiger partial charge on any atom is 0.123 e. The Balaban J connectivity index is 2.17. The van der Waals surface area contributed by atoms with Crippen LogP contribution in [0, 0.1) is 13.8 Å². The first-order valence-electron chi connectivity index (χ1n) is 7.16. The third kappa shape index (κ3) is 3.76. The van der Waals surface area contributed by atoms with Gasteiger partial charge in [-0.2, -0.15) is 0 Å². The number of aryl methyl sites for hydroxylation is 2. The highest BCUT2D eigenvalue weighted by Gasteiger charge is 2.16. The van der Waals surface area contributed by atoms with Crippen LogP contribution in [0.1, 0.15) is 22.7 Å². The molecule has 0 saturated carbocycles. The molecule has 3 nitrogen and oxygen atoms in total. The molecule has 2 aromatic rings. The van der Waals surface area contributed by atoms with Crippen LogP contribution in [-0.2, 0) is 0 Å². The average Bonchev–Trinajstić information content (AvgIpc) is 2.50. The van der Waals surface area contributed by atoms with E-state index in [0.29, 0.717) is 6.61 Å². The topological polar surface area (TPSA) is 30.5 Å². The summed E-state index contributed by atoms with van der Waals surface area (Å²) in [6, 6.07) is 14.3. The summed E-state index contributed by atoms with van der Waals surface area (Å²) < 4.78 is 11.4. The second-order valence-electron chi connectivity index (χ2n) is 5.16. The first-order valence-corrected chi connectivity index (χ1v) is 7.16. The molecule has 1 unspecified atom stereocenters. The van der Waals surface area contributed by atoms with Gasteiger partial charge in [0.1, 0.15) is 18.1 Å². The number of hydrogen-bond acceptors (Lipinski definition) is 3. The van der Waals surface area contributed by atoms with Crippen molar-refractivity contribution < 1.29 is 9.47 Å². The fraction of sp³-hybridized carbons (Fsp3) is 0.333. The molecule has 21 heavy (non-hydrogen) atoms. The zero-order valence-electron chi connectivity index (χ0n) is 13.1. The molecule has 0 saturated heterocycles. The predicted octanol–water partition coefficient (Wildman–Crippen LogP) is 3.65. The number of nitrogens with one attached hydrogen (secondary N) is 1. The highest BCUT2D eigenvalue weighted by atomic mass is 16.5. The molecule has 2 rings (SSSR count). The summed E-state index contributed by atoms with van der Waals surface area (Å²) >= 11 is 0. The second-order valence-corrected chi connectivity index (χ2v) is 5.16. The maximum absolute atomic E-state index is 5.97.